The lowest BCUT2D eigenvalue weighted by Gasteiger charge is -2.31. The average molecular weight is 374 g/mol. The van der Waals surface area contributed by atoms with E-state index in [9.17, 15) is 14.4 Å². The van der Waals surface area contributed by atoms with Gasteiger partial charge in [-0.2, -0.15) is 0 Å². The summed E-state index contributed by atoms with van der Waals surface area (Å²) in [5, 5.41) is 0. The van der Waals surface area contributed by atoms with Crippen LogP contribution in [0.4, 0.5) is 0 Å². The molecule has 0 bridgehead atoms. The van der Waals surface area contributed by atoms with E-state index >= 15 is 0 Å². The van der Waals surface area contributed by atoms with Crippen molar-refractivity contribution in [1.82, 2.24) is 0 Å². The molecule has 0 amide bonds. The zero-order valence-corrected chi connectivity index (χ0v) is 16.1. The lowest BCUT2D eigenvalue weighted by atomic mass is 9.88. The zero-order chi connectivity index (χ0) is 20.4. The van der Waals surface area contributed by atoms with Gasteiger partial charge in [0.1, 0.15) is 19.8 Å². The SMILES string of the molecule is C=C(C)C(=O)OCC(CC)(COC(=O)C(=C)C)COC(=O)c1ccccc1. The molecule has 0 N–H and O–H groups in total. The Hall–Kier alpha value is -2.89. The maximum atomic E-state index is 12.2. The third-order valence-electron chi connectivity index (χ3n) is 3.98. The molecule has 0 atom stereocenters. The largest absolute Gasteiger partial charge is 0.461 e. The number of hydrogen-bond donors (Lipinski definition) is 0. The van der Waals surface area contributed by atoms with Gasteiger partial charge in [-0.25, -0.2) is 14.4 Å². The van der Waals surface area contributed by atoms with E-state index in [0.29, 0.717) is 12.0 Å². The summed E-state index contributed by atoms with van der Waals surface area (Å²) in [6.07, 6.45) is 0.446. The predicted molar refractivity (Wildman–Crippen MR) is 101 cm³/mol. The van der Waals surface area contributed by atoms with E-state index in [0.717, 1.165) is 0 Å². The van der Waals surface area contributed by atoms with Crippen LogP contribution >= 0.6 is 0 Å². The Morgan fingerprint density at radius 1 is 0.852 bits per heavy atom. The molecule has 0 aromatic heterocycles. The molecule has 0 spiro atoms. The molecule has 0 saturated heterocycles. The normalized spacial score (nSPS) is 10.6. The molecule has 0 unspecified atom stereocenters. The van der Waals surface area contributed by atoms with Crippen molar-refractivity contribution in [2.75, 3.05) is 19.8 Å². The van der Waals surface area contributed by atoms with Crippen LogP contribution in [0.15, 0.2) is 54.6 Å². The fraction of sp³-hybridized carbons (Fsp3) is 0.381. The second-order valence-electron chi connectivity index (χ2n) is 6.51. The van der Waals surface area contributed by atoms with Gasteiger partial charge in [-0.15, -0.1) is 0 Å². The number of carbonyl (C=O) groups is 3. The summed E-state index contributed by atoms with van der Waals surface area (Å²) in [6, 6.07) is 8.53. The first-order chi connectivity index (χ1) is 12.7. The van der Waals surface area contributed by atoms with Gasteiger partial charge in [0.2, 0.25) is 0 Å². The van der Waals surface area contributed by atoms with Crippen molar-refractivity contribution in [2.24, 2.45) is 5.41 Å². The standard InChI is InChI=1S/C21H26O6/c1-6-21(12-25-18(22)15(2)3,13-26-19(23)16(4)5)14-27-20(24)17-10-8-7-9-11-17/h7-11H,2,4,6,12-14H2,1,3,5H3. The molecule has 146 valence electrons. The number of hydrogen-bond acceptors (Lipinski definition) is 6. The van der Waals surface area contributed by atoms with Gasteiger partial charge in [0, 0.05) is 11.1 Å². The summed E-state index contributed by atoms with van der Waals surface area (Å²) < 4.78 is 15.9. The summed E-state index contributed by atoms with van der Waals surface area (Å²) in [4.78, 5) is 35.8. The van der Waals surface area contributed by atoms with Gasteiger partial charge in [0.05, 0.1) is 11.0 Å². The first-order valence-electron chi connectivity index (χ1n) is 8.58. The molecule has 0 fully saturated rings. The van der Waals surface area contributed by atoms with Gasteiger partial charge in [-0.05, 0) is 32.4 Å². The highest BCUT2D eigenvalue weighted by atomic mass is 16.6. The van der Waals surface area contributed by atoms with E-state index in [2.05, 4.69) is 13.2 Å². The number of ether oxygens (including phenoxy) is 3. The summed E-state index contributed by atoms with van der Waals surface area (Å²) in [5.74, 6) is -1.63. The number of benzene rings is 1. The van der Waals surface area contributed by atoms with Crippen molar-refractivity contribution in [1.29, 1.82) is 0 Å². The molecular formula is C21H26O6. The molecule has 0 aliphatic rings. The van der Waals surface area contributed by atoms with Gasteiger partial charge in [-0.1, -0.05) is 38.3 Å². The fourth-order valence-electron chi connectivity index (χ4n) is 1.99. The minimum atomic E-state index is -0.874. The van der Waals surface area contributed by atoms with Gasteiger partial charge in [-0.3, -0.25) is 0 Å². The molecule has 1 rings (SSSR count). The highest BCUT2D eigenvalue weighted by Gasteiger charge is 2.34. The van der Waals surface area contributed by atoms with Gasteiger partial charge in [0.25, 0.3) is 0 Å². The second kappa shape index (κ2) is 10.3. The molecule has 27 heavy (non-hydrogen) atoms. The van der Waals surface area contributed by atoms with Crippen molar-refractivity contribution < 1.29 is 28.6 Å². The number of rotatable bonds is 10. The quantitative estimate of drug-likeness (QED) is 0.354. The van der Waals surface area contributed by atoms with Crippen LogP contribution in [0, 0.1) is 5.41 Å². The van der Waals surface area contributed by atoms with Crippen LogP contribution in [0.3, 0.4) is 0 Å². The number of esters is 3. The highest BCUT2D eigenvalue weighted by molar-refractivity contribution is 5.89. The first-order valence-corrected chi connectivity index (χ1v) is 8.58. The molecule has 6 heteroatoms. The van der Waals surface area contributed by atoms with E-state index in [-0.39, 0.29) is 31.0 Å². The van der Waals surface area contributed by atoms with Crippen molar-refractivity contribution in [3.05, 3.63) is 60.2 Å². The summed E-state index contributed by atoms with van der Waals surface area (Å²) in [7, 11) is 0. The van der Waals surface area contributed by atoms with Crippen LogP contribution in [0.2, 0.25) is 0 Å². The number of carbonyl (C=O) groups excluding carboxylic acids is 3. The Morgan fingerprint density at radius 2 is 1.30 bits per heavy atom. The minimum Gasteiger partial charge on any atom is -0.461 e. The fourth-order valence-corrected chi connectivity index (χ4v) is 1.99. The van der Waals surface area contributed by atoms with Crippen molar-refractivity contribution >= 4 is 17.9 Å². The Labute approximate surface area is 159 Å². The molecule has 0 aliphatic carbocycles. The average Bonchev–Trinajstić information content (AvgIpc) is 2.67. The van der Waals surface area contributed by atoms with Gasteiger partial charge < -0.3 is 14.2 Å². The molecular weight excluding hydrogens is 348 g/mol. The Kier molecular flexibility index (Phi) is 8.45. The molecule has 0 saturated carbocycles. The second-order valence-corrected chi connectivity index (χ2v) is 6.51. The van der Waals surface area contributed by atoms with Crippen LogP contribution in [0.5, 0.6) is 0 Å². The van der Waals surface area contributed by atoms with E-state index in [1.165, 1.54) is 13.8 Å². The van der Waals surface area contributed by atoms with Crippen LogP contribution < -0.4 is 0 Å². The smallest absolute Gasteiger partial charge is 0.338 e. The highest BCUT2D eigenvalue weighted by Crippen LogP contribution is 2.25. The molecule has 0 aliphatic heterocycles. The zero-order valence-electron chi connectivity index (χ0n) is 16.1. The third-order valence-corrected chi connectivity index (χ3v) is 3.98. The van der Waals surface area contributed by atoms with Crippen molar-refractivity contribution in [3.8, 4) is 0 Å². The van der Waals surface area contributed by atoms with Gasteiger partial charge in [0.15, 0.2) is 0 Å². The lowest BCUT2D eigenvalue weighted by molar-refractivity contribution is -0.151. The predicted octanol–water partition coefficient (Wildman–Crippen LogP) is 3.48. The summed E-state index contributed by atoms with van der Waals surface area (Å²) in [6.45, 7) is 11.7. The minimum absolute atomic E-state index is 0.0792. The van der Waals surface area contributed by atoms with E-state index in [1.54, 1.807) is 30.3 Å². The molecule has 1 aromatic carbocycles. The Bertz CT molecular complexity index is 675. The maximum absolute atomic E-state index is 12.2. The van der Waals surface area contributed by atoms with Crippen molar-refractivity contribution in [3.63, 3.8) is 0 Å². The molecule has 0 heterocycles. The summed E-state index contributed by atoms with van der Waals surface area (Å²) in [5.41, 5.74) is 0.0292. The van der Waals surface area contributed by atoms with Crippen LogP contribution in [0.25, 0.3) is 0 Å². The van der Waals surface area contributed by atoms with Gasteiger partial charge >= 0.3 is 17.9 Å². The Morgan fingerprint density at radius 3 is 1.70 bits per heavy atom. The van der Waals surface area contributed by atoms with Crippen LogP contribution in [0.1, 0.15) is 37.6 Å². The lowest BCUT2D eigenvalue weighted by Crippen LogP contribution is -2.39. The van der Waals surface area contributed by atoms with Crippen molar-refractivity contribution in [2.45, 2.75) is 27.2 Å². The van der Waals surface area contributed by atoms with Crippen LogP contribution in [-0.2, 0) is 23.8 Å². The summed E-state index contributed by atoms with van der Waals surface area (Å²) >= 11 is 0. The van der Waals surface area contributed by atoms with E-state index in [1.807, 2.05) is 6.92 Å². The molecule has 6 nitrogen and oxygen atoms in total. The molecule has 1 aromatic rings. The maximum Gasteiger partial charge on any atom is 0.338 e. The first kappa shape index (κ1) is 22.2. The third kappa shape index (κ3) is 7.09. The molecule has 0 radical (unpaired) electrons. The Balaban J connectivity index is 2.87. The van der Waals surface area contributed by atoms with E-state index in [4.69, 9.17) is 14.2 Å². The monoisotopic (exact) mass is 374 g/mol. The van der Waals surface area contributed by atoms with E-state index < -0.39 is 23.3 Å². The topological polar surface area (TPSA) is 78.9 Å². The van der Waals surface area contributed by atoms with Crippen LogP contribution in [-0.4, -0.2) is 37.7 Å².